The topological polar surface area (TPSA) is 91.2 Å². The summed E-state index contributed by atoms with van der Waals surface area (Å²) in [5, 5.41) is 0. The number of aromatic nitrogens is 1. The molecular formula is C15H23N3O2. The second-order valence-corrected chi connectivity index (χ2v) is 5.52. The molecule has 1 fully saturated rings. The first-order valence-electron chi connectivity index (χ1n) is 7.22. The molecule has 2 atom stereocenters. The average Bonchev–Trinajstić information content (AvgIpc) is 2.45. The lowest BCUT2D eigenvalue weighted by atomic mass is 9.80. The number of carbonyl (C=O) groups is 1. The zero-order valence-corrected chi connectivity index (χ0v) is 12.0. The minimum absolute atomic E-state index is 0.343. The Labute approximate surface area is 119 Å². The average molecular weight is 277 g/mol. The summed E-state index contributed by atoms with van der Waals surface area (Å²) < 4.78 is 5.78. The van der Waals surface area contributed by atoms with Crippen LogP contribution in [0.1, 0.15) is 41.7 Å². The van der Waals surface area contributed by atoms with Gasteiger partial charge in [-0.3, -0.25) is 4.79 Å². The predicted molar refractivity (Wildman–Crippen MR) is 77.5 cm³/mol. The molecule has 1 aliphatic carbocycles. The summed E-state index contributed by atoms with van der Waals surface area (Å²) in [4.78, 5) is 15.7. The Morgan fingerprint density at radius 1 is 1.35 bits per heavy atom. The molecule has 2 rings (SSSR count). The molecule has 4 N–H and O–H groups in total. The summed E-state index contributed by atoms with van der Waals surface area (Å²) in [5.41, 5.74) is 12.3. The third-order valence-corrected chi connectivity index (χ3v) is 4.07. The van der Waals surface area contributed by atoms with Crippen LogP contribution in [0.25, 0.3) is 0 Å². The second-order valence-electron chi connectivity index (χ2n) is 5.52. The zero-order valence-electron chi connectivity index (χ0n) is 12.0. The van der Waals surface area contributed by atoms with Crippen LogP contribution in [0.4, 0.5) is 0 Å². The van der Waals surface area contributed by atoms with Gasteiger partial charge < -0.3 is 16.2 Å². The molecule has 0 spiro atoms. The van der Waals surface area contributed by atoms with Crippen LogP contribution in [0.15, 0.2) is 12.1 Å². The Bertz CT molecular complexity index is 476. The van der Waals surface area contributed by atoms with E-state index in [2.05, 4.69) is 4.98 Å². The molecule has 110 valence electrons. The van der Waals surface area contributed by atoms with Crippen molar-refractivity contribution in [2.75, 3.05) is 13.2 Å². The molecular weight excluding hydrogens is 254 g/mol. The molecule has 20 heavy (non-hydrogen) atoms. The van der Waals surface area contributed by atoms with Crippen molar-refractivity contribution in [1.29, 1.82) is 0 Å². The van der Waals surface area contributed by atoms with Gasteiger partial charge in [0.25, 0.3) is 5.91 Å². The van der Waals surface area contributed by atoms with E-state index in [4.69, 9.17) is 16.2 Å². The van der Waals surface area contributed by atoms with Crippen molar-refractivity contribution < 1.29 is 9.53 Å². The van der Waals surface area contributed by atoms with Crippen molar-refractivity contribution in [3.8, 4) is 5.88 Å². The van der Waals surface area contributed by atoms with E-state index >= 15 is 0 Å². The van der Waals surface area contributed by atoms with Crippen molar-refractivity contribution in [3.05, 3.63) is 23.4 Å². The Morgan fingerprint density at radius 2 is 2.05 bits per heavy atom. The number of carbonyl (C=O) groups excluding carboxylic acids is 1. The Kier molecular flexibility index (Phi) is 4.95. The van der Waals surface area contributed by atoms with Crippen molar-refractivity contribution in [2.45, 2.75) is 32.6 Å². The van der Waals surface area contributed by atoms with E-state index in [9.17, 15) is 4.79 Å². The molecule has 0 saturated heterocycles. The predicted octanol–water partition coefficient (Wildman–Crippen LogP) is 1.63. The number of hydrogen-bond donors (Lipinski definition) is 2. The third-order valence-electron chi connectivity index (χ3n) is 4.07. The molecule has 0 aromatic carbocycles. The van der Waals surface area contributed by atoms with E-state index in [-0.39, 0.29) is 0 Å². The van der Waals surface area contributed by atoms with Crippen LogP contribution < -0.4 is 16.2 Å². The Morgan fingerprint density at radius 3 is 2.70 bits per heavy atom. The number of aryl methyl sites for hydroxylation is 1. The molecule has 1 aliphatic rings. The quantitative estimate of drug-likeness (QED) is 0.855. The molecule has 0 aliphatic heterocycles. The lowest BCUT2D eigenvalue weighted by Gasteiger charge is -2.30. The number of rotatable bonds is 5. The summed E-state index contributed by atoms with van der Waals surface area (Å²) in [5.74, 6) is 0.785. The highest BCUT2D eigenvalue weighted by Gasteiger charge is 2.25. The summed E-state index contributed by atoms with van der Waals surface area (Å²) in [6.07, 6.45) is 4.75. The SMILES string of the molecule is Cc1ccc(C(N)=O)c(OCC2CCCCC2CN)n1. The lowest BCUT2D eigenvalue weighted by Crippen LogP contribution is -2.31. The minimum Gasteiger partial charge on any atom is -0.477 e. The minimum atomic E-state index is -0.508. The summed E-state index contributed by atoms with van der Waals surface area (Å²) >= 11 is 0. The van der Waals surface area contributed by atoms with Crippen LogP contribution >= 0.6 is 0 Å². The van der Waals surface area contributed by atoms with Gasteiger partial charge in [-0.25, -0.2) is 4.98 Å². The molecule has 0 radical (unpaired) electrons. The number of amides is 1. The number of hydrogen-bond acceptors (Lipinski definition) is 4. The fraction of sp³-hybridized carbons (Fsp3) is 0.600. The molecule has 1 saturated carbocycles. The zero-order chi connectivity index (χ0) is 14.5. The van der Waals surface area contributed by atoms with Crippen molar-refractivity contribution in [1.82, 2.24) is 4.98 Å². The number of pyridine rings is 1. The lowest BCUT2D eigenvalue weighted by molar-refractivity contribution is 0.0989. The van der Waals surface area contributed by atoms with E-state index in [1.807, 2.05) is 6.92 Å². The standard InChI is InChI=1S/C15H23N3O2/c1-10-6-7-13(14(17)19)15(18-10)20-9-12-5-3-2-4-11(12)8-16/h6-7,11-12H,2-5,8-9,16H2,1H3,(H2,17,19). The van der Waals surface area contributed by atoms with Gasteiger partial charge in [0.15, 0.2) is 0 Å². The highest BCUT2D eigenvalue weighted by Crippen LogP contribution is 2.30. The molecule has 5 heteroatoms. The normalized spacial score (nSPS) is 22.5. The van der Waals surface area contributed by atoms with Gasteiger partial charge in [-0.15, -0.1) is 0 Å². The molecule has 1 aromatic heterocycles. The van der Waals surface area contributed by atoms with E-state index < -0.39 is 5.91 Å². The third kappa shape index (κ3) is 3.48. The first-order valence-corrected chi connectivity index (χ1v) is 7.22. The maximum absolute atomic E-state index is 11.4. The largest absolute Gasteiger partial charge is 0.477 e. The van der Waals surface area contributed by atoms with Gasteiger partial charge in [0.2, 0.25) is 5.88 Å². The number of ether oxygens (including phenoxy) is 1. The first kappa shape index (κ1) is 14.8. The molecule has 1 aromatic rings. The van der Waals surface area contributed by atoms with E-state index in [1.165, 1.54) is 12.8 Å². The molecule has 1 heterocycles. The van der Waals surface area contributed by atoms with Gasteiger partial charge in [0, 0.05) is 5.69 Å². The summed E-state index contributed by atoms with van der Waals surface area (Å²) in [6, 6.07) is 3.43. The number of nitrogens with two attached hydrogens (primary N) is 2. The molecule has 5 nitrogen and oxygen atoms in total. The Balaban J connectivity index is 2.06. The van der Waals surface area contributed by atoms with E-state index in [0.717, 1.165) is 18.5 Å². The maximum atomic E-state index is 11.4. The Hall–Kier alpha value is -1.62. The highest BCUT2D eigenvalue weighted by atomic mass is 16.5. The van der Waals surface area contributed by atoms with Gasteiger partial charge in [-0.1, -0.05) is 12.8 Å². The molecule has 0 bridgehead atoms. The maximum Gasteiger partial charge on any atom is 0.254 e. The van der Waals surface area contributed by atoms with Gasteiger partial charge >= 0.3 is 0 Å². The van der Waals surface area contributed by atoms with E-state index in [1.54, 1.807) is 12.1 Å². The van der Waals surface area contributed by atoms with Gasteiger partial charge in [-0.2, -0.15) is 0 Å². The highest BCUT2D eigenvalue weighted by molar-refractivity contribution is 5.95. The van der Waals surface area contributed by atoms with Crippen molar-refractivity contribution in [2.24, 2.45) is 23.3 Å². The smallest absolute Gasteiger partial charge is 0.254 e. The second kappa shape index (κ2) is 6.70. The summed E-state index contributed by atoms with van der Waals surface area (Å²) in [6.45, 7) is 3.11. The van der Waals surface area contributed by atoms with Crippen molar-refractivity contribution in [3.63, 3.8) is 0 Å². The number of primary amides is 1. The van der Waals surface area contributed by atoms with Crippen molar-refractivity contribution >= 4 is 5.91 Å². The van der Waals surface area contributed by atoms with Gasteiger partial charge in [0.05, 0.1) is 6.61 Å². The van der Waals surface area contributed by atoms with Crippen LogP contribution in [0.3, 0.4) is 0 Å². The molecule has 2 unspecified atom stereocenters. The monoisotopic (exact) mass is 277 g/mol. The van der Waals surface area contributed by atoms with Crippen LogP contribution in [0.5, 0.6) is 5.88 Å². The van der Waals surface area contributed by atoms with Crippen LogP contribution in [0, 0.1) is 18.8 Å². The fourth-order valence-electron chi connectivity index (χ4n) is 2.83. The summed E-state index contributed by atoms with van der Waals surface area (Å²) in [7, 11) is 0. The van der Waals surface area contributed by atoms with Crippen LogP contribution in [0.2, 0.25) is 0 Å². The number of nitrogens with zero attached hydrogens (tertiary/aromatic N) is 1. The molecule has 1 amide bonds. The van der Waals surface area contributed by atoms with Gasteiger partial charge in [-0.05, 0) is 50.3 Å². The fourth-order valence-corrected chi connectivity index (χ4v) is 2.83. The van der Waals surface area contributed by atoms with Crippen LogP contribution in [-0.4, -0.2) is 24.0 Å². The van der Waals surface area contributed by atoms with Crippen LogP contribution in [-0.2, 0) is 0 Å². The van der Waals surface area contributed by atoms with E-state index in [0.29, 0.717) is 36.4 Å². The van der Waals surface area contributed by atoms with Gasteiger partial charge in [0.1, 0.15) is 5.56 Å². The first-order chi connectivity index (χ1) is 9.61.